The zero-order chi connectivity index (χ0) is 25.5. The Morgan fingerprint density at radius 3 is 2.19 bits per heavy atom. The molecule has 0 unspecified atom stereocenters. The van der Waals surface area contributed by atoms with Crippen LogP contribution in [0.2, 0.25) is 0 Å². The third-order valence-corrected chi connectivity index (χ3v) is 7.39. The van der Waals surface area contributed by atoms with Crippen LogP contribution in [0.3, 0.4) is 0 Å². The van der Waals surface area contributed by atoms with E-state index in [2.05, 4.69) is 5.32 Å². The van der Waals surface area contributed by atoms with Crippen molar-refractivity contribution >= 4 is 27.3 Å². The first-order valence-corrected chi connectivity index (χ1v) is 13.1. The Morgan fingerprint density at radius 1 is 0.833 bits per heavy atom. The fraction of sp³-hybridized carbons (Fsp3) is 0.138. The maximum atomic E-state index is 13.8. The van der Waals surface area contributed by atoms with Crippen LogP contribution in [0.5, 0.6) is 5.75 Å². The second kappa shape index (κ2) is 11.1. The average molecular weight is 501 g/mol. The van der Waals surface area contributed by atoms with Gasteiger partial charge in [0.25, 0.3) is 10.0 Å². The van der Waals surface area contributed by atoms with E-state index in [1.807, 2.05) is 62.4 Å². The number of ether oxygens (including phenoxy) is 1. The fourth-order valence-electron chi connectivity index (χ4n) is 3.86. The second-order valence-corrected chi connectivity index (χ2v) is 10.0. The lowest BCUT2D eigenvalue weighted by molar-refractivity contribution is -0.114. The summed E-state index contributed by atoms with van der Waals surface area (Å²) in [7, 11) is -4.07. The van der Waals surface area contributed by atoms with Crippen LogP contribution in [0, 0.1) is 6.92 Å². The zero-order valence-electron chi connectivity index (χ0n) is 20.2. The van der Waals surface area contributed by atoms with Crippen LogP contribution in [0.25, 0.3) is 11.1 Å². The summed E-state index contributed by atoms with van der Waals surface area (Å²) in [6.07, 6.45) is 0. The standard InChI is InChI=1S/C29H28N2O4S/c1-3-35-28-16-10-9-15-27(28)31(36(33,34)24-19-17-22(2)18-20-24)21-29(32)30-26-14-8-7-13-25(26)23-11-5-4-6-12-23/h4-20H,3,21H2,1-2H3,(H,30,32). The Bertz CT molecular complexity index is 1440. The lowest BCUT2D eigenvalue weighted by atomic mass is 10.0. The minimum Gasteiger partial charge on any atom is -0.492 e. The van der Waals surface area contributed by atoms with Gasteiger partial charge in [-0.2, -0.15) is 0 Å². The molecule has 0 aliphatic heterocycles. The molecule has 184 valence electrons. The summed E-state index contributed by atoms with van der Waals surface area (Å²) in [4.78, 5) is 13.4. The molecule has 0 saturated carbocycles. The monoisotopic (exact) mass is 500 g/mol. The van der Waals surface area contributed by atoms with E-state index in [1.54, 1.807) is 54.6 Å². The van der Waals surface area contributed by atoms with Gasteiger partial charge >= 0.3 is 0 Å². The molecule has 0 aliphatic rings. The van der Waals surface area contributed by atoms with E-state index in [0.29, 0.717) is 23.7 Å². The third-order valence-electron chi connectivity index (χ3n) is 5.62. The van der Waals surface area contributed by atoms with Crippen molar-refractivity contribution in [2.75, 3.05) is 22.8 Å². The van der Waals surface area contributed by atoms with E-state index >= 15 is 0 Å². The highest BCUT2D eigenvalue weighted by Gasteiger charge is 2.29. The molecule has 0 aliphatic carbocycles. The summed E-state index contributed by atoms with van der Waals surface area (Å²) in [6, 6.07) is 30.5. The highest BCUT2D eigenvalue weighted by Crippen LogP contribution is 2.33. The Hall–Kier alpha value is -4.10. The number of benzene rings is 4. The highest BCUT2D eigenvalue weighted by molar-refractivity contribution is 7.92. The van der Waals surface area contributed by atoms with Crippen LogP contribution < -0.4 is 14.4 Å². The number of para-hydroxylation sites is 3. The van der Waals surface area contributed by atoms with Crippen LogP contribution in [0.1, 0.15) is 12.5 Å². The van der Waals surface area contributed by atoms with Crippen molar-refractivity contribution in [2.24, 2.45) is 0 Å². The number of rotatable bonds is 9. The number of nitrogens with one attached hydrogen (secondary N) is 1. The van der Waals surface area contributed by atoms with Crippen molar-refractivity contribution in [1.82, 2.24) is 0 Å². The summed E-state index contributed by atoms with van der Waals surface area (Å²) in [5.74, 6) is -0.0893. The number of sulfonamides is 1. The van der Waals surface area contributed by atoms with Crippen molar-refractivity contribution in [3.05, 3.63) is 109 Å². The molecular weight excluding hydrogens is 472 g/mol. The van der Waals surface area contributed by atoms with Gasteiger partial charge in [0.05, 0.1) is 17.2 Å². The third kappa shape index (κ3) is 5.58. The molecule has 1 amide bonds. The van der Waals surface area contributed by atoms with Gasteiger partial charge in [0, 0.05) is 11.3 Å². The summed E-state index contributed by atoms with van der Waals surface area (Å²) < 4.78 is 34.3. The first-order chi connectivity index (χ1) is 17.4. The molecule has 4 rings (SSSR count). The van der Waals surface area contributed by atoms with Crippen LogP contribution in [0.4, 0.5) is 11.4 Å². The van der Waals surface area contributed by atoms with E-state index < -0.39 is 22.5 Å². The Balaban J connectivity index is 1.70. The molecule has 4 aromatic rings. The number of nitrogens with zero attached hydrogens (tertiary/aromatic N) is 1. The minimum absolute atomic E-state index is 0.0943. The first-order valence-electron chi connectivity index (χ1n) is 11.7. The molecule has 4 aromatic carbocycles. The topological polar surface area (TPSA) is 75.7 Å². The molecule has 0 aromatic heterocycles. The number of carbonyl (C=O) groups excluding carboxylic acids is 1. The van der Waals surface area contributed by atoms with Crippen LogP contribution in [-0.4, -0.2) is 27.5 Å². The second-order valence-electron chi connectivity index (χ2n) is 8.19. The first kappa shape index (κ1) is 25.0. The fourth-order valence-corrected chi connectivity index (χ4v) is 5.29. The van der Waals surface area contributed by atoms with Gasteiger partial charge in [-0.1, -0.05) is 78.4 Å². The molecule has 0 spiro atoms. The van der Waals surface area contributed by atoms with Crippen LogP contribution in [0.15, 0.2) is 108 Å². The Morgan fingerprint density at radius 2 is 1.47 bits per heavy atom. The van der Waals surface area contributed by atoms with Crippen molar-refractivity contribution in [2.45, 2.75) is 18.7 Å². The molecule has 0 bridgehead atoms. The number of hydrogen-bond acceptors (Lipinski definition) is 4. The van der Waals surface area contributed by atoms with Gasteiger partial charge in [0.15, 0.2) is 0 Å². The molecule has 1 N–H and O–H groups in total. The van der Waals surface area contributed by atoms with E-state index in [4.69, 9.17) is 4.74 Å². The minimum atomic E-state index is -4.07. The molecule has 0 radical (unpaired) electrons. The maximum Gasteiger partial charge on any atom is 0.264 e. The molecule has 0 atom stereocenters. The highest BCUT2D eigenvalue weighted by atomic mass is 32.2. The number of carbonyl (C=O) groups is 1. The van der Waals surface area contributed by atoms with Gasteiger partial charge in [-0.3, -0.25) is 9.10 Å². The van der Waals surface area contributed by atoms with Gasteiger partial charge in [-0.05, 0) is 49.7 Å². The van der Waals surface area contributed by atoms with E-state index in [1.165, 1.54) is 0 Å². The van der Waals surface area contributed by atoms with Crippen molar-refractivity contribution < 1.29 is 17.9 Å². The van der Waals surface area contributed by atoms with E-state index in [0.717, 1.165) is 21.0 Å². The molecule has 6 nitrogen and oxygen atoms in total. The number of hydrogen-bond donors (Lipinski definition) is 1. The smallest absolute Gasteiger partial charge is 0.264 e. The molecule has 0 heterocycles. The van der Waals surface area contributed by atoms with Crippen LogP contribution >= 0.6 is 0 Å². The van der Waals surface area contributed by atoms with E-state index in [9.17, 15) is 13.2 Å². The van der Waals surface area contributed by atoms with Gasteiger partial charge in [0.1, 0.15) is 12.3 Å². The average Bonchev–Trinajstić information content (AvgIpc) is 2.89. The summed E-state index contributed by atoms with van der Waals surface area (Å²) in [5, 5.41) is 2.91. The predicted molar refractivity (Wildman–Crippen MR) is 144 cm³/mol. The van der Waals surface area contributed by atoms with Crippen molar-refractivity contribution in [1.29, 1.82) is 0 Å². The summed E-state index contributed by atoms with van der Waals surface area (Å²) >= 11 is 0. The molecule has 0 fully saturated rings. The van der Waals surface area contributed by atoms with Crippen LogP contribution in [-0.2, 0) is 14.8 Å². The SMILES string of the molecule is CCOc1ccccc1N(CC(=O)Nc1ccccc1-c1ccccc1)S(=O)(=O)c1ccc(C)cc1. The lowest BCUT2D eigenvalue weighted by Crippen LogP contribution is -2.38. The quantitative estimate of drug-likeness (QED) is 0.311. The van der Waals surface area contributed by atoms with Gasteiger partial charge < -0.3 is 10.1 Å². The molecule has 7 heteroatoms. The van der Waals surface area contributed by atoms with Crippen molar-refractivity contribution in [3.63, 3.8) is 0 Å². The lowest BCUT2D eigenvalue weighted by Gasteiger charge is -2.26. The van der Waals surface area contributed by atoms with Gasteiger partial charge in [-0.25, -0.2) is 8.42 Å². The summed E-state index contributed by atoms with van der Waals surface area (Å²) in [6.45, 7) is 3.63. The normalized spacial score (nSPS) is 11.1. The van der Waals surface area contributed by atoms with Gasteiger partial charge in [0.2, 0.25) is 5.91 Å². The Labute approximate surface area is 212 Å². The number of anilines is 2. The van der Waals surface area contributed by atoms with Gasteiger partial charge in [-0.15, -0.1) is 0 Å². The number of amides is 1. The molecule has 36 heavy (non-hydrogen) atoms. The van der Waals surface area contributed by atoms with E-state index in [-0.39, 0.29) is 4.90 Å². The summed E-state index contributed by atoms with van der Waals surface area (Å²) in [5.41, 5.74) is 3.62. The zero-order valence-corrected chi connectivity index (χ0v) is 21.0. The van der Waals surface area contributed by atoms with Crippen molar-refractivity contribution in [3.8, 4) is 16.9 Å². The molecular formula is C29H28N2O4S. The Kier molecular flexibility index (Phi) is 7.71. The maximum absolute atomic E-state index is 13.8. The molecule has 0 saturated heterocycles. The number of aryl methyl sites for hydroxylation is 1. The largest absolute Gasteiger partial charge is 0.492 e. The predicted octanol–water partition coefficient (Wildman–Crippen LogP) is 5.89.